The van der Waals surface area contributed by atoms with Crippen LogP contribution in [0, 0.1) is 13.8 Å². The summed E-state index contributed by atoms with van der Waals surface area (Å²) in [4.78, 5) is 0. The van der Waals surface area contributed by atoms with Crippen molar-refractivity contribution in [3.8, 4) is 33.8 Å². The van der Waals surface area contributed by atoms with Gasteiger partial charge >= 0.3 is 0 Å². The molecule has 0 spiro atoms. The van der Waals surface area contributed by atoms with Crippen LogP contribution in [0.25, 0.3) is 62.4 Å². The number of fused-ring (bicyclic) bond motifs is 2. The number of para-hydroxylation sites is 1. The number of hydrogen-bond donors (Lipinski definition) is 1. The molecule has 2 heterocycles. The van der Waals surface area contributed by atoms with Crippen molar-refractivity contribution in [2.24, 2.45) is 5.73 Å². The Kier molecular flexibility index (Phi) is 13.2. The van der Waals surface area contributed by atoms with Crippen molar-refractivity contribution in [3.63, 3.8) is 0 Å². The third-order valence-corrected chi connectivity index (χ3v) is 10.7. The molecule has 59 heavy (non-hydrogen) atoms. The molecule has 0 amide bonds. The summed E-state index contributed by atoms with van der Waals surface area (Å²) in [5.74, 6) is 0. The number of nitrogens with two attached hydrogens (primary N) is 1. The van der Waals surface area contributed by atoms with E-state index in [2.05, 4.69) is 181 Å². The highest BCUT2D eigenvalue weighted by molar-refractivity contribution is 5.93. The van der Waals surface area contributed by atoms with Crippen LogP contribution in [0.5, 0.6) is 0 Å². The van der Waals surface area contributed by atoms with Crippen LogP contribution in [-0.2, 0) is 6.42 Å². The molecule has 0 saturated carbocycles. The number of rotatable bonds is 11. The fourth-order valence-corrected chi connectivity index (χ4v) is 7.82. The molecule has 1 aliphatic carbocycles. The third kappa shape index (κ3) is 9.06. The van der Waals surface area contributed by atoms with Crippen molar-refractivity contribution >= 4 is 28.6 Å². The Morgan fingerprint density at radius 3 is 1.86 bits per heavy atom. The van der Waals surface area contributed by atoms with Crippen molar-refractivity contribution in [2.45, 2.75) is 40.5 Å². The Morgan fingerprint density at radius 2 is 1.15 bits per heavy atom. The monoisotopic (exact) mass is 767 g/mol. The zero-order chi connectivity index (χ0) is 41.0. The van der Waals surface area contributed by atoms with Crippen LogP contribution in [-0.4, -0.2) is 9.13 Å². The van der Waals surface area contributed by atoms with E-state index in [1.807, 2.05) is 56.4 Å². The van der Waals surface area contributed by atoms with Gasteiger partial charge in [-0.25, -0.2) is 0 Å². The standard InChI is InChI=1S/C54H47N3.C2H6/c1-40-21-18-19-27-50(40)51-39-49(33-28-41(51)2)57-52(42-22-13-11-14-23-42)38-46-32-30-44(37-54(46)57)43-29-31-45-35-48(56(53(45)36-43)47-24-16-12-17-25-47)26-15-9-7-5-3-4-6-8-10-20-34-55;1-2/h3-29,31,33-39H,30,32,55H2,1-2H3;1-2H3/b5-3+,6-4-,9-7-,10-8-,26-15-,34-20+;. The van der Waals surface area contributed by atoms with Crippen molar-refractivity contribution in [1.29, 1.82) is 0 Å². The van der Waals surface area contributed by atoms with Crippen molar-refractivity contribution in [2.75, 3.05) is 0 Å². The Hall–Kier alpha value is -7.10. The van der Waals surface area contributed by atoms with Crippen LogP contribution in [0.15, 0.2) is 200 Å². The van der Waals surface area contributed by atoms with Gasteiger partial charge in [0, 0.05) is 28.1 Å². The lowest BCUT2D eigenvalue weighted by atomic mass is 9.91. The minimum absolute atomic E-state index is 0.979. The zero-order valence-corrected chi connectivity index (χ0v) is 34.6. The molecule has 0 aliphatic heterocycles. The van der Waals surface area contributed by atoms with Gasteiger partial charge in [0.05, 0.1) is 11.2 Å². The molecule has 5 aromatic carbocycles. The van der Waals surface area contributed by atoms with E-state index in [1.165, 1.54) is 78.7 Å². The number of aromatic nitrogens is 2. The van der Waals surface area contributed by atoms with Crippen LogP contribution >= 0.6 is 0 Å². The summed E-state index contributed by atoms with van der Waals surface area (Å²) in [5.41, 5.74) is 22.8. The molecule has 8 rings (SSSR count). The quantitative estimate of drug-likeness (QED) is 0.131. The van der Waals surface area contributed by atoms with Gasteiger partial charge in [-0.1, -0.05) is 160 Å². The Labute approximate surface area is 350 Å². The topological polar surface area (TPSA) is 35.9 Å². The second-order valence-corrected chi connectivity index (χ2v) is 14.4. The van der Waals surface area contributed by atoms with Crippen LogP contribution in [0.2, 0.25) is 0 Å². The number of aryl methyl sites for hydroxylation is 3. The first-order valence-corrected chi connectivity index (χ1v) is 20.7. The SMILES string of the molecule is CC.Cc1ccccc1-c1cc(-n2c(-c3ccccc3)cc3c2C=C(c2ccc4cc(\C=C/C=C\C=C\C=C/C=C\C=C\N)n(-c5ccccc5)c4c2)CC3)ccc1C. The molecule has 0 fully saturated rings. The Morgan fingerprint density at radius 1 is 0.508 bits per heavy atom. The lowest BCUT2D eigenvalue weighted by Crippen LogP contribution is -2.05. The molecule has 3 nitrogen and oxygen atoms in total. The largest absolute Gasteiger partial charge is 0.405 e. The predicted molar refractivity (Wildman–Crippen MR) is 256 cm³/mol. The van der Waals surface area contributed by atoms with Gasteiger partial charge < -0.3 is 14.9 Å². The molecular weight excluding hydrogens is 715 g/mol. The van der Waals surface area contributed by atoms with Gasteiger partial charge in [-0.2, -0.15) is 0 Å². The number of hydrogen-bond acceptors (Lipinski definition) is 1. The average molecular weight is 768 g/mol. The molecule has 292 valence electrons. The van der Waals surface area contributed by atoms with Gasteiger partial charge in [-0.05, 0) is 138 Å². The van der Waals surface area contributed by atoms with Gasteiger partial charge in [0.25, 0.3) is 0 Å². The molecular formula is C56H53N3. The van der Waals surface area contributed by atoms with E-state index < -0.39 is 0 Å². The highest BCUT2D eigenvalue weighted by Crippen LogP contribution is 2.40. The molecule has 7 aromatic rings. The van der Waals surface area contributed by atoms with E-state index in [-0.39, 0.29) is 0 Å². The first-order chi connectivity index (χ1) is 29.1. The summed E-state index contributed by atoms with van der Waals surface area (Å²) < 4.78 is 4.85. The third-order valence-electron chi connectivity index (χ3n) is 10.7. The number of allylic oxidation sites excluding steroid dienone is 11. The molecule has 0 bridgehead atoms. The normalized spacial score (nSPS) is 13.1. The zero-order valence-electron chi connectivity index (χ0n) is 34.6. The van der Waals surface area contributed by atoms with Gasteiger partial charge in [-0.3, -0.25) is 0 Å². The molecule has 3 heteroatoms. The minimum atomic E-state index is 0.979. The maximum absolute atomic E-state index is 5.37. The molecule has 0 unspecified atom stereocenters. The van der Waals surface area contributed by atoms with E-state index in [9.17, 15) is 0 Å². The van der Waals surface area contributed by atoms with Gasteiger partial charge in [0.15, 0.2) is 0 Å². The van der Waals surface area contributed by atoms with E-state index >= 15 is 0 Å². The van der Waals surface area contributed by atoms with Gasteiger partial charge in [-0.15, -0.1) is 0 Å². The highest BCUT2D eigenvalue weighted by Gasteiger charge is 2.22. The van der Waals surface area contributed by atoms with E-state index in [0.717, 1.165) is 24.2 Å². The summed E-state index contributed by atoms with van der Waals surface area (Å²) >= 11 is 0. The first kappa shape index (κ1) is 40.1. The fourth-order valence-electron chi connectivity index (χ4n) is 7.82. The molecule has 2 aromatic heterocycles. The fraction of sp³-hybridized carbons (Fsp3) is 0.107. The van der Waals surface area contributed by atoms with Crippen LogP contribution in [0.1, 0.15) is 53.9 Å². The summed E-state index contributed by atoms with van der Waals surface area (Å²) in [6, 6.07) is 48.8. The molecule has 0 radical (unpaired) electrons. The maximum Gasteiger partial charge on any atom is 0.0540 e. The second kappa shape index (κ2) is 19.4. The highest BCUT2D eigenvalue weighted by atomic mass is 15.0. The van der Waals surface area contributed by atoms with Crippen molar-refractivity contribution in [3.05, 3.63) is 234 Å². The molecule has 1 aliphatic rings. The maximum atomic E-state index is 5.37. The summed E-state index contributed by atoms with van der Waals surface area (Å²) in [5, 5.41) is 1.21. The van der Waals surface area contributed by atoms with Crippen molar-refractivity contribution in [1.82, 2.24) is 9.13 Å². The number of benzene rings is 5. The minimum Gasteiger partial charge on any atom is -0.405 e. The van der Waals surface area contributed by atoms with Crippen LogP contribution < -0.4 is 5.73 Å². The first-order valence-electron chi connectivity index (χ1n) is 20.7. The molecule has 0 atom stereocenters. The molecule has 0 saturated heterocycles. The van der Waals surface area contributed by atoms with Gasteiger partial charge in [0.1, 0.15) is 0 Å². The van der Waals surface area contributed by atoms with Gasteiger partial charge in [0.2, 0.25) is 0 Å². The van der Waals surface area contributed by atoms with Crippen LogP contribution in [0.3, 0.4) is 0 Å². The summed E-state index contributed by atoms with van der Waals surface area (Å²) in [7, 11) is 0. The Bertz CT molecular complexity index is 2740. The van der Waals surface area contributed by atoms with E-state index in [1.54, 1.807) is 6.08 Å². The second-order valence-electron chi connectivity index (χ2n) is 14.4. The van der Waals surface area contributed by atoms with E-state index in [4.69, 9.17) is 5.73 Å². The molecule has 2 N–H and O–H groups in total. The average Bonchev–Trinajstić information content (AvgIpc) is 3.85. The summed E-state index contributed by atoms with van der Waals surface area (Å²) in [6.45, 7) is 8.42. The lowest BCUT2D eigenvalue weighted by Gasteiger charge is -2.20. The number of nitrogens with zero attached hydrogens (tertiary/aromatic N) is 2. The Balaban J connectivity index is 0.00000260. The predicted octanol–water partition coefficient (Wildman–Crippen LogP) is 14.6. The van der Waals surface area contributed by atoms with Crippen molar-refractivity contribution < 1.29 is 0 Å². The van der Waals surface area contributed by atoms with Crippen LogP contribution in [0.4, 0.5) is 0 Å². The lowest BCUT2D eigenvalue weighted by molar-refractivity contribution is 0.972. The smallest absolute Gasteiger partial charge is 0.0540 e. The van der Waals surface area contributed by atoms with E-state index in [0.29, 0.717) is 0 Å². The summed E-state index contributed by atoms with van der Waals surface area (Å²) in [6.07, 6.45) is 28.0.